The normalized spacial score (nSPS) is 10.3. The molecule has 2 aromatic rings. The Morgan fingerprint density at radius 1 is 1.44 bits per heavy atom. The van der Waals surface area contributed by atoms with Crippen molar-refractivity contribution in [2.45, 2.75) is 10.2 Å². The highest BCUT2D eigenvalue weighted by atomic mass is 35.5. The Labute approximate surface area is 101 Å². The van der Waals surface area contributed by atoms with Gasteiger partial charge in [0, 0.05) is 24.2 Å². The SMILES string of the molecule is N=C(N)c1ccnc(Sc2ncc[nH]2)c1Cl. The second-order valence-electron chi connectivity index (χ2n) is 2.89. The first kappa shape index (κ1) is 11.0. The molecular formula is C9H8ClN5S. The minimum Gasteiger partial charge on any atom is -0.384 e. The van der Waals surface area contributed by atoms with Crippen LogP contribution in [0.25, 0.3) is 0 Å². The number of hydrogen-bond acceptors (Lipinski definition) is 4. The van der Waals surface area contributed by atoms with E-state index in [1.165, 1.54) is 11.8 Å². The summed E-state index contributed by atoms with van der Waals surface area (Å²) < 4.78 is 0. The number of imidazole rings is 1. The number of aromatic nitrogens is 3. The Morgan fingerprint density at radius 2 is 2.25 bits per heavy atom. The molecule has 16 heavy (non-hydrogen) atoms. The molecule has 5 nitrogen and oxygen atoms in total. The highest BCUT2D eigenvalue weighted by Gasteiger charge is 2.11. The molecule has 0 fully saturated rings. The summed E-state index contributed by atoms with van der Waals surface area (Å²) in [6, 6.07) is 1.61. The highest BCUT2D eigenvalue weighted by molar-refractivity contribution is 7.99. The number of nitrogen functional groups attached to an aromatic ring is 1. The van der Waals surface area contributed by atoms with Crippen molar-refractivity contribution in [3.05, 3.63) is 35.2 Å². The molecule has 0 bridgehead atoms. The first-order chi connectivity index (χ1) is 7.68. The third kappa shape index (κ3) is 2.17. The standard InChI is InChI=1S/C9H8ClN5S/c10-6-5(7(11)12)1-2-13-8(6)16-9-14-3-4-15-9/h1-4H,(H3,11,12)(H,14,15). The summed E-state index contributed by atoms with van der Waals surface area (Å²) in [7, 11) is 0. The maximum Gasteiger partial charge on any atom is 0.171 e. The second-order valence-corrected chi connectivity index (χ2v) is 4.24. The van der Waals surface area contributed by atoms with E-state index in [-0.39, 0.29) is 5.84 Å². The first-order valence-corrected chi connectivity index (χ1v) is 5.54. The highest BCUT2D eigenvalue weighted by Crippen LogP contribution is 2.31. The monoisotopic (exact) mass is 253 g/mol. The van der Waals surface area contributed by atoms with Gasteiger partial charge in [0.15, 0.2) is 5.16 Å². The summed E-state index contributed by atoms with van der Waals surface area (Å²) in [5.74, 6) is -0.0753. The van der Waals surface area contributed by atoms with E-state index in [0.717, 1.165) is 0 Å². The van der Waals surface area contributed by atoms with E-state index in [0.29, 0.717) is 20.8 Å². The number of hydrogen-bond donors (Lipinski definition) is 3. The zero-order valence-corrected chi connectivity index (χ0v) is 9.64. The third-order valence-corrected chi connectivity index (χ3v) is 3.23. The van der Waals surface area contributed by atoms with Gasteiger partial charge in [0.25, 0.3) is 0 Å². The van der Waals surface area contributed by atoms with Crippen molar-refractivity contribution in [3.63, 3.8) is 0 Å². The molecule has 0 aliphatic heterocycles. The van der Waals surface area contributed by atoms with Crippen molar-refractivity contribution in [2.24, 2.45) is 5.73 Å². The number of H-pyrrole nitrogens is 1. The van der Waals surface area contributed by atoms with Gasteiger partial charge in [0.05, 0.1) is 5.02 Å². The van der Waals surface area contributed by atoms with Crippen LogP contribution in [0.2, 0.25) is 5.02 Å². The Balaban J connectivity index is 2.35. The molecule has 0 spiro atoms. The summed E-state index contributed by atoms with van der Waals surface area (Å²) in [5, 5.41) is 8.99. The van der Waals surface area contributed by atoms with Gasteiger partial charge in [-0.1, -0.05) is 11.6 Å². The molecular weight excluding hydrogens is 246 g/mol. The van der Waals surface area contributed by atoms with Crippen LogP contribution in [-0.2, 0) is 0 Å². The van der Waals surface area contributed by atoms with Gasteiger partial charge in [-0.15, -0.1) is 0 Å². The van der Waals surface area contributed by atoms with Gasteiger partial charge in [-0.25, -0.2) is 9.97 Å². The molecule has 0 saturated carbocycles. The zero-order chi connectivity index (χ0) is 11.5. The molecule has 0 amide bonds. The Bertz CT molecular complexity index is 511. The Kier molecular flexibility index (Phi) is 3.12. The van der Waals surface area contributed by atoms with E-state index in [2.05, 4.69) is 15.0 Å². The van der Waals surface area contributed by atoms with Crippen LogP contribution in [0.15, 0.2) is 34.8 Å². The predicted molar refractivity (Wildman–Crippen MR) is 63.0 cm³/mol. The molecule has 0 aromatic carbocycles. The first-order valence-electron chi connectivity index (χ1n) is 4.34. The summed E-state index contributed by atoms with van der Waals surface area (Å²) in [4.78, 5) is 11.1. The van der Waals surface area contributed by atoms with Gasteiger partial charge in [-0.05, 0) is 17.8 Å². The van der Waals surface area contributed by atoms with E-state index in [1.807, 2.05) is 0 Å². The van der Waals surface area contributed by atoms with Gasteiger partial charge in [-0.3, -0.25) is 5.41 Å². The van der Waals surface area contributed by atoms with Gasteiger partial charge in [-0.2, -0.15) is 0 Å². The van der Waals surface area contributed by atoms with Crippen LogP contribution < -0.4 is 5.73 Å². The molecule has 7 heteroatoms. The van der Waals surface area contributed by atoms with Crippen molar-refractivity contribution >= 4 is 29.2 Å². The van der Waals surface area contributed by atoms with Crippen LogP contribution in [-0.4, -0.2) is 20.8 Å². The Morgan fingerprint density at radius 3 is 2.88 bits per heavy atom. The molecule has 82 valence electrons. The minimum absolute atomic E-state index is 0.0753. The number of pyridine rings is 1. The number of nitrogens with zero attached hydrogens (tertiary/aromatic N) is 2. The molecule has 0 saturated heterocycles. The van der Waals surface area contributed by atoms with E-state index in [4.69, 9.17) is 22.7 Å². The van der Waals surface area contributed by atoms with Crippen molar-refractivity contribution in [2.75, 3.05) is 0 Å². The summed E-state index contributed by atoms with van der Waals surface area (Å²) in [6.07, 6.45) is 4.92. The van der Waals surface area contributed by atoms with E-state index >= 15 is 0 Å². The fraction of sp³-hybridized carbons (Fsp3) is 0. The fourth-order valence-electron chi connectivity index (χ4n) is 1.10. The second kappa shape index (κ2) is 4.54. The van der Waals surface area contributed by atoms with E-state index in [1.54, 1.807) is 24.7 Å². The van der Waals surface area contributed by atoms with Crippen LogP contribution >= 0.6 is 23.4 Å². The van der Waals surface area contributed by atoms with Gasteiger partial charge >= 0.3 is 0 Å². The lowest BCUT2D eigenvalue weighted by atomic mass is 10.2. The van der Waals surface area contributed by atoms with Crippen molar-refractivity contribution in [1.29, 1.82) is 5.41 Å². The average molecular weight is 254 g/mol. The molecule has 2 heterocycles. The lowest BCUT2D eigenvalue weighted by molar-refractivity contribution is 1.04. The molecule has 2 rings (SSSR count). The minimum atomic E-state index is -0.0753. The number of rotatable bonds is 3. The third-order valence-electron chi connectivity index (χ3n) is 1.81. The van der Waals surface area contributed by atoms with Gasteiger partial charge in [0.1, 0.15) is 10.9 Å². The average Bonchev–Trinajstić information content (AvgIpc) is 2.73. The number of aromatic amines is 1. The number of amidine groups is 1. The topological polar surface area (TPSA) is 91.4 Å². The van der Waals surface area contributed by atoms with Crippen LogP contribution in [0.4, 0.5) is 0 Å². The Hall–Kier alpha value is -1.53. The summed E-state index contributed by atoms with van der Waals surface area (Å²) in [6.45, 7) is 0. The lowest BCUT2D eigenvalue weighted by Gasteiger charge is -2.05. The fourth-order valence-corrected chi connectivity index (χ4v) is 2.17. The molecule has 0 aliphatic carbocycles. The molecule has 2 aromatic heterocycles. The maximum atomic E-state index is 7.36. The van der Waals surface area contributed by atoms with E-state index < -0.39 is 0 Å². The molecule has 0 aliphatic rings. The van der Waals surface area contributed by atoms with Crippen molar-refractivity contribution < 1.29 is 0 Å². The molecule has 0 unspecified atom stereocenters. The predicted octanol–water partition coefficient (Wildman–Crippen LogP) is 1.89. The zero-order valence-electron chi connectivity index (χ0n) is 8.07. The van der Waals surface area contributed by atoms with Crippen molar-refractivity contribution in [1.82, 2.24) is 15.0 Å². The number of halogens is 1. The summed E-state index contributed by atoms with van der Waals surface area (Å²) >= 11 is 7.37. The van der Waals surface area contributed by atoms with E-state index in [9.17, 15) is 0 Å². The van der Waals surface area contributed by atoms with Gasteiger partial charge < -0.3 is 10.7 Å². The molecule has 4 N–H and O–H groups in total. The maximum absolute atomic E-state index is 7.36. The summed E-state index contributed by atoms with van der Waals surface area (Å²) in [5.41, 5.74) is 5.87. The number of nitrogens with two attached hydrogens (primary N) is 1. The largest absolute Gasteiger partial charge is 0.384 e. The van der Waals surface area contributed by atoms with Crippen LogP contribution in [0.5, 0.6) is 0 Å². The number of nitrogens with one attached hydrogen (secondary N) is 2. The van der Waals surface area contributed by atoms with Crippen molar-refractivity contribution in [3.8, 4) is 0 Å². The van der Waals surface area contributed by atoms with Crippen LogP contribution in [0.1, 0.15) is 5.56 Å². The lowest BCUT2D eigenvalue weighted by Crippen LogP contribution is -2.12. The van der Waals surface area contributed by atoms with Crippen LogP contribution in [0, 0.1) is 5.41 Å². The molecule has 0 atom stereocenters. The van der Waals surface area contributed by atoms with Gasteiger partial charge in [0.2, 0.25) is 0 Å². The molecule has 0 radical (unpaired) electrons. The van der Waals surface area contributed by atoms with Crippen LogP contribution in [0.3, 0.4) is 0 Å². The quantitative estimate of drug-likeness (QED) is 0.575. The smallest absolute Gasteiger partial charge is 0.171 e.